The smallest absolute Gasteiger partial charge is 0.305 e. The summed E-state index contributed by atoms with van der Waals surface area (Å²) in [7, 11) is 0. The highest BCUT2D eigenvalue weighted by atomic mass is 35.5. The zero-order valence-corrected chi connectivity index (χ0v) is 16.6. The van der Waals surface area contributed by atoms with Gasteiger partial charge in [-0.25, -0.2) is 4.98 Å². The summed E-state index contributed by atoms with van der Waals surface area (Å²) in [6, 6.07) is 0. The maximum Gasteiger partial charge on any atom is 0.305 e. The van der Waals surface area contributed by atoms with Crippen molar-refractivity contribution in [3.05, 3.63) is 39.3 Å². The molecule has 26 heavy (non-hydrogen) atoms. The van der Waals surface area contributed by atoms with Gasteiger partial charge in [0.2, 0.25) is 12.2 Å². The van der Waals surface area contributed by atoms with Crippen LogP contribution in [0, 0.1) is 0 Å². The van der Waals surface area contributed by atoms with Crippen LogP contribution in [0.25, 0.3) is 0 Å². The average molecular weight is 414 g/mol. The Morgan fingerprint density at radius 3 is 2.69 bits per heavy atom. The van der Waals surface area contributed by atoms with Crippen LogP contribution in [0.15, 0.2) is 17.6 Å². The van der Waals surface area contributed by atoms with E-state index in [0.29, 0.717) is 26.8 Å². The van der Waals surface area contributed by atoms with E-state index in [0.717, 1.165) is 36.1 Å². The number of fused-ring (bicyclic) bond motifs is 1. The van der Waals surface area contributed by atoms with Crippen LogP contribution in [0.1, 0.15) is 37.1 Å². The minimum Gasteiger partial charge on any atom is -0.437 e. The number of aromatic nitrogens is 3. The molecule has 0 amide bonds. The first-order valence-electron chi connectivity index (χ1n) is 8.08. The number of thioether (sulfide) groups is 1. The molecular weight excluding hydrogens is 397 g/mol. The molecule has 3 rings (SSSR count). The Balaban J connectivity index is 1.80. The average Bonchev–Trinajstić information content (AvgIpc) is 3.02. The number of hydrogen-bond donors (Lipinski definition) is 0. The van der Waals surface area contributed by atoms with Crippen molar-refractivity contribution >= 4 is 40.9 Å². The Morgan fingerprint density at radius 1 is 1.27 bits per heavy atom. The van der Waals surface area contributed by atoms with Crippen molar-refractivity contribution in [2.24, 2.45) is 0 Å². The van der Waals surface area contributed by atoms with Crippen molar-refractivity contribution in [2.75, 3.05) is 0 Å². The van der Waals surface area contributed by atoms with Gasteiger partial charge in [0, 0.05) is 43.1 Å². The molecule has 0 spiro atoms. The standard InChI is InChI=1S/C17H17Cl2N3O3S/c1-9(23)24-10(2)25-16-11-4-3-5-15(11)21-17(22-16)26-8-12-13(18)6-20-7-14(12)19/h6-7,10H,3-5,8H2,1-2H3. The second-order valence-corrected chi connectivity index (χ2v) is 7.51. The Kier molecular flexibility index (Phi) is 6.21. The molecule has 9 heteroatoms. The van der Waals surface area contributed by atoms with Crippen molar-refractivity contribution in [1.82, 2.24) is 15.0 Å². The molecule has 1 unspecified atom stereocenters. The van der Waals surface area contributed by atoms with E-state index in [9.17, 15) is 4.79 Å². The van der Waals surface area contributed by atoms with Gasteiger partial charge in [0.05, 0.1) is 15.7 Å². The summed E-state index contributed by atoms with van der Waals surface area (Å²) in [6.07, 6.45) is 5.13. The fraction of sp³-hybridized carbons (Fsp3) is 0.412. The zero-order chi connectivity index (χ0) is 18.7. The van der Waals surface area contributed by atoms with Gasteiger partial charge in [-0.15, -0.1) is 0 Å². The third-order valence-electron chi connectivity index (χ3n) is 3.78. The number of rotatable bonds is 6. The van der Waals surface area contributed by atoms with Crippen molar-refractivity contribution < 1.29 is 14.3 Å². The summed E-state index contributed by atoms with van der Waals surface area (Å²) >= 11 is 13.7. The Morgan fingerprint density at radius 2 is 2.00 bits per heavy atom. The molecule has 1 atom stereocenters. The predicted molar refractivity (Wildman–Crippen MR) is 99.7 cm³/mol. The number of hydrogen-bond acceptors (Lipinski definition) is 7. The lowest BCUT2D eigenvalue weighted by Crippen LogP contribution is -2.20. The number of aryl methyl sites for hydroxylation is 1. The Labute approximate surface area is 165 Å². The first-order chi connectivity index (χ1) is 12.4. The summed E-state index contributed by atoms with van der Waals surface area (Å²) in [5, 5.41) is 1.58. The van der Waals surface area contributed by atoms with E-state index in [1.807, 2.05) is 0 Å². The number of carbonyl (C=O) groups is 1. The maximum absolute atomic E-state index is 11.1. The predicted octanol–water partition coefficient (Wildman–Crippen LogP) is 4.25. The van der Waals surface area contributed by atoms with Gasteiger partial charge in [-0.05, 0) is 19.3 Å². The molecule has 2 aromatic heterocycles. The molecule has 0 saturated heterocycles. The van der Waals surface area contributed by atoms with E-state index in [1.54, 1.807) is 19.3 Å². The first kappa shape index (κ1) is 19.2. The SMILES string of the molecule is CC(=O)OC(C)Oc1nc(SCc2c(Cl)cncc2Cl)nc2c1CCC2. The van der Waals surface area contributed by atoms with Gasteiger partial charge in [-0.3, -0.25) is 9.78 Å². The van der Waals surface area contributed by atoms with Crippen LogP contribution in [0.2, 0.25) is 10.0 Å². The topological polar surface area (TPSA) is 74.2 Å². The largest absolute Gasteiger partial charge is 0.437 e. The van der Waals surface area contributed by atoms with Crippen molar-refractivity contribution in [3.63, 3.8) is 0 Å². The van der Waals surface area contributed by atoms with Crippen molar-refractivity contribution in [3.8, 4) is 5.88 Å². The first-order valence-corrected chi connectivity index (χ1v) is 9.82. The lowest BCUT2D eigenvalue weighted by atomic mass is 10.2. The number of halogens is 2. The molecule has 2 aromatic rings. The summed E-state index contributed by atoms with van der Waals surface area (Å²) in [5.74, 6) is 0.577. The normalized spacial score (nSPS) is 14.0. The van der Waals surface area contributed by atoms with Crippen LogP contribution in [0.3, 0.4) is 0 Å². The van der Waals surface area contributed by atoms with E-state index in [-0.39, 0.29) is 0 Å². The number of ether oxygens (including phenoxy) is 2. The van der Waals surface area contributed by atoms with Gasteiger partial charge in [-0.2, -0.15) is 4.98 Å². The van der Waals surface area contributed by atoms with Gasteiger partial charge in [-0.1, -0.05) is 35.0 Å². The molecule has 1 aliphatic carbocycles. The second-order valence-electron chi connectivity index (χ2n) is 5.76. The van der Waals surface area contributed by atoms with Gasteiger partial charge in [0.25, 0.3) is 0 Å². The highest BCUT2D eigenvalue weighted by molar-refractivity contribution is 7.98. The monoisotopic (exact) mass is 413 g/mol. The fourth-order valence-corrected chi connectivity index (χ4v) is 4.23. The van der Waals surface area contributed by atoms with Gasteiger partial charge < -0.3 is 9.47 Å². The molecule has 2 heterocycles. The highest BCUT2D eigenvalue weighted by Gasteiger charge is 2.23. The number of esters is 1. The minimum absolute atomic E-state index is 0.403. The summed E-state index contributed by atoms with van der Waals surface area (Å²) in [5.41, 5.74) is 2.74. The molecule has 1 aliphatic rings. The van der Waals surface area contributed by atoms with Crippen LogP contribution in [-0.2, 0) is 28.1 Å². The van der Waals surface area contributed by atoms with Crippen LogP contribution in [-0.4, -0.2) is 27.2 Å². The Hall–Kier alpha value is -1.57. The molecule has 0 radical (unpaired) electrons. The number of pyridine rings is 1. The second kappa shape index (κ2) is 8.41. The third kappa shape index (κ3) is 4.58. The van der Waals surface area contributed by atoms with E-state index in [4.69, 9.17) is 32.7 Å². The molecular formula is C17H17Cl2N3O3S. The molecule has 0 aliphatic heterocycles. The van der Waals surface area contributed by atoms with E-state index < -0.39 is 12.3 Å². The number of carbonyl (C=O) groups excluding carboxylic acids is 1. The van der Waals surface area contributed by atoms with Gasteiger partial charge >= 0.3 is 5.97 Å². The third-order valence-corrected chi connectivity index (χ3v) is 5.31. The van der Waals surface area contributed by atoms with E-state index in [2.05, 4.69) is 15.0 Å². The van der Waals surface area contributed by atoms with Crippen LogP contribution in [0.5, 0.6) is 5.88 Å². The van der Waals surface area contributed by atoms with Crippen LogP contribution in [0.4, 0.5) is 0 Å². The molecule has 6 nitrogen and oxygen atoms in total. The van der Waals surface area contributed by atoms with Crippen LogP contribution < -0.4 is 4.74 Å². The molecule has 0 bridgehead atoms. The van der Waals surface area contributed by atoms with E-state index >= 15 is 0 Å². The van der Waals surface area contributed by atoms with Crippen molar-refractivity contribution in [2.45, 2.75) is 50.3 Å². The Bertz CT molecular complexity index is 815. The highest BCUT2D eigenvalue weighted by Crippen LogP contribution is 2.34. The lowest BCUT2D eigenvalue weighted by molar-refractivity contribution is -0.158. The zero-order valence-electron chi connectivity index (χ0n) is 14.3. The van der Waals surface area contributed by atoms with Crippen molar-refractivity contribution in [1.29, 1.82) is 0 Å². The quantitative estimate of drug-likeness (QED) is 0.303. The molecule has 138 valence electrons. The van der Waals surface area contributed by atoms with E-state index in [1.165, 1.54) is 18.7 Å². The maximum atomic E-state index is 11.1. The molecule has 0 saturated carbocycles. The van der Waals surface area contributed by atoms with Crippen LogP contribution >= 0.6 is 35.0 Å². The summed E-state index contributed by atoms with van der Waals surface area (Å²) in [6.45, 7) is 3.00. The van der Waals surface area contributed by atoms with Gasteiger partial charge in [0.15, 0.2) is 5.16 Å². The molecule has 0 fully saturated rings. The molecule has 0 N–H and O–H groups in total. The fourth-order valence-electron chi connectivity index (χ4n) is 2.67. The number of nitrogens with zero attached hydrogens (tertiary/aromatic N) is 3. The summed E-state index contributed by atoms with van der Waals surface area (Å²) < 4.78 is 10.8. The minimum atomic E-state index is -0.714. The lowest BCUT2D eigenvalue weighted by Gasteiger charge is -2.16. The van der Waals surface area contributed by atoms with Gasteiger partial charge in [0.1, 0.15) is 0 Å². The summed E-state index contributed by atoms with van der Waals surface area (Å²) in [4.78, 5) is 24.2. The molecule has 0 aromatic carbocycles.